The van der Waals surface area contributed by atoms with Gasteiger partial charge in [0.05, 0.1) is 24.0 Å². The molecule has 43 heavy (non-hydrogen) atoms. The van der Waals surface area contributed by atoms with Crippen molar-refractivity contribution >= 4 is 5.82 Å². The summed E-state index contributed by atoms with van der Waals surface area (Å²) in [5.74, 6) is 6.22. The fourth-order valence-corrected chi connectivity index (χ4v) is 11.0. The lowest BCUT2D eigenvalue weighted by Gasteiger charge is -2.60. The average Bonchev–Trinajstić information content (AvgIpc) is 3.66. The second-order valence-electron chi connectivity index (χ2n) is 15.8. The highest BCUT2D eigenvalue weighted by Gasteiger charge is 2.65. The number of hydrogen-bond acceptors (Lipinski definition) is 5. The Morgan fingerprint density at radius 2 is 1.84 bits per heavy atom. The lowest BCUT2D eigenvalue weighted by molar-refractivity contribution is -0.389. The molecule has 2 aromatic rings. The fraction of sp³-hybridized carbons (Fsp3) is 0.778. The van der Waals surface area contributed by atoms with Crippen LogP contribution in [0.3, 0.4) is 0 Å². The van der Waals surface area contributed by atoms with Gasteiger partial charge in [0, 0.05) is 0 Å². The Kier molecular flexibility index (Phi) is 8.76. The van der Waals surface area contributed by atoms with Gasteiger partial charge in [-0.15, -0.1) is 0 Å². The van der Waals surface area contributed by atoms with Crippen LogP contribution < -0.4 is 0 Å². The van der Waals surface area contributed by atoms with Crippen LogP contribution in [0.2, 0.25) is 0 Å². The van der Waals surface area contributed by atoms with Crippen molar-refractivity contribution in [1.82, 2.24) is 15.0 Å². The van der Waals surface area contributed by atoms with Crippen molar-refractivity contribution in [3.63, 3.8) is 0 Å². The molecule has 7 heteroatoms. The highest BCUT2D eigenvalue weighted by molar-refractivity contribution is 5.17. The molecular formula is C36H54N4O3. The van der Waals surface area contributed by atoms with E-state index in [1.807, 2.05) is 30.3 Å². The second-order valence-corrected chi connectivity index (χ2v) is 15.8. The molecule has 5 fully saturated rings. The van der Waals surface area contributed by atoms with E-state index >= 15 is 0 Å². The van der Waals surface area contributed by atoms with E-state index in [4.69, 9.17) is 4.74 Å². The minimum absolute atomic E-state index is 0.231. The van der Waals surface area contributed by atoms with Crippen LogP contribution in [0.5, 0.6) is 0 Å². The van der Waals surface area contributed by atoms with Crippen LogP contribution in [0.4, 0.5) is 5.82 Å². The molecule has 0 radical (unpaired) electrons. The molecule has 4 saturated carbocycles. The van der Waals surface area contributed by atoms with Gasteiger partial charge in [0.15, 0.2) is 0 Å². The molecule has 1 aromatic carbocycles. The van der Waals surface area contributed by atoms with Gasteiger partial charge in [-0.05, 0) is 121 Å². The second kappa shape index (κ2) is 12.3. The molecule has 236 valence electrons. The third kappa shape index (κ3) is 5.80. The molecule has 7 rings (SSSR count). The monoisotopic (exact) mass is 590 g/mol. The minimum Gasteiger partial charge on any atom is -0.374 e. The number of nitrogens with zero attached hydrogens (tertiary/aromatic N) is 4. The first-order chi connectivity index (χ1) is 20.6. The Bertz CT molecular complexity index is 1250. The summed E-state index contributed by atoms with van der Waals surface area (Å²) in [6.45, 7) is 13.2. The van der Waals surface area contributed by atoms with E-state index in [2.05, 4.69) is 44.9 Å². The van der Waals surface area contributed by atoms with Crippen molar-refractivity contribution in [2.75, 3.05) is 0 Å². The van der Waals surface area contributed by atoms with Crippen molar-refractivity contribution in [1.29, 1.82) is 0 Å². The molecule has 0 amide bonds. The average molecular weight is 591 g/mol. The molecule has 1 aliphatic heterocycles. The summed E-state index contributed by atoms with van der Waals surface area (Å²) < 4.78 is 8.25. The van der Waals surface area contributed by atoms with Gasteiger partial charge < -0.3 is 14.9 Å². The van der Waals surface area contributed by atoms with E-state index in [9.17, 15) is 10.1 Å². The zero-order valence-corrected chi connectivity index (χ0v) is 27.2. The number of rotatable bonds is 6. The minimum atomic E-state index is -0.561. The van der Waals surface area contributed by atoms with Gasteiger partial charge in [0.2, 0.25) is 0 Å². The van der Waals surface area contributed by atoms with Crippen LogP contribution in [-0.4, -0.2) is 32.1 Å². The molecule has 4 aliphatic carbocycles. The molecule has 2 heterocycles. The maximum absolute atomic E-state index is 10.4. The van der Waals surface area contributed by atoms with Crippen molar-refractivity contribution in [3.8, 4) is 0 Å². The predicted molar refractivity (Wildman–Crippen MR) is 169 cm³/mol. The maximum Gasteiger partial charge on any atom is 0.410 e. The van der Waals surface area contributed by atoms with Crippen molar-refractivity contribution in [2.45, 2.75) is 124 Å². The van der Waals surface area contributed by atoms with Gasteiger partial charge in [-0.25, -0.2) is 4.68 Å². The van der Waals surface area contributed by atoms with Gasteiger partial charge in [-0.2, -0.15) is 0 Å². The zero-order chi connectivity index (χ0) is 30.4. The van der Waals surface area contributed by atoms with E-state index in [1.54, 1.807) is 0 Å². The number of hydrogen-bond donors (Lipinski definition) is 0. The summed E-state index contributed by atoms with van der Waals surface area (Å²) in [7, 11) is 0. The van der Waals surface area contributed by atoms with E-state index in [0.717, 1.165) is 47.0 Å². The first-order valence-corrected chi connectivity index (χ1v) is 17.3. The third-order valence-corrected chi connectivity index (χ3v) is 13.1. The maximum atomic E-state index is 10.4. The quantitative estimate of drug-likeness (QED) is 0.248. The topological polar surface area (TPSA) is 83.1 Å². The number of nitro groups is 1. The van der Waals surface area contributed by atoms with Gasteiger partial charge in [0.25, 0.3) is 0 Å². The summed E-state index contributed by atoms with van der Waals surface area (Å²) in [6, 6.07) is 9.57. The zero-order valence-electron chi connectivity index (χ0n) is 27.2. The van der Waals surface area contributed by atoms with E-state index in [1.165, 1.54) is 81.5 Å². The largest absolute Gasteiger partial charge is 0.410 e. The molecule has 5 aliphatic rings. The molecule has 1 saturated heterocycles. The van der Waals surface area contributed by atoms with E-state index in [-0.39, 0.29) is 5.82 Å². The Labute approximate surface area is 258 Å². The highest BCUT2D eigenvalue weighted by Crippen LogP contribution is 2.70. The van der Waals surface area contributed by atoms with Crippen molar-refractivity contribution in [2.24, 2.45) is 52.3 Å². The van der Waals surface area contributed by atoms with Crippen LogP contribution in [0.1, 0.15) is 111 Å². The van der Waals surface area contributed by atoms with Crippen molar-refractivity contribution in [3.05, 3.63) is 52.2 Å². The molecule has 1 aromatic heterocycles. The molecule has 2 unspecified atom stereocenters. The van der Waals surface area contributed by atoms with Crippen LogP contribution >= 0.6 is 0 Å². The Morgan fingerprint density at radius 1 is 1.05 bits per heavy atom. The predicted octanol–water partition coefficient (Wildman–Crippen LogP) is 8.72. The van der Waals surface area contributed by atoms with Crippen LogP contribution in [0.25, 0.3) is 0 Å². The molecule has 0 N–H and O–H groups in total. The van der Waals surface area contributed by atoms with Crippen LogP contribution in [-0.2, 0) is 11.3 Å². The van der Waals surface area contributed by atoms with Gasteiger partial charge >= 0.3 is 5.82 Å². The summed E-state index contributed by atoms with van der Waals surface area (Å²) in [4.78, 5) is 9.80. The van der Waals surface area contributed by atoms with Gasteiger partial charge in [0.1, 0.15) is 11.3 Å². The first kappa shape index (κ1) is 30.7. The van der Waals surface area contributed by atoms with E-state index < -0.39 is 4.92 Å². The fourth-order valence-electron chi connectivity index (χ4n) is 11.0. The molecule has 0 bridgehead atoms. The third-order valence-electron chi connectivity index (χ3n) is 13.1. The summed E-state index contributed by atoms with van der Waals surface area (Å²) in [5, 5.41) is 17.4. The number of benzene rings is 1. The Morgan fingerprint density at radius 3 is 2.56 bits per heavy atom. The Hall–Kier alpha value is -2.28. The van der Waals surface area contributed by atoms with Gasteiger partial charge in [-0.1, -0.05) is 77.8 Å². The standard InChI is InChI=1S/C27H46O.C9H8N4O2/c1-17(2)9-12-23-18(3)25-24(28-23)16-22-20-11-10-19-8-6-7-14-26(19,4)21(20)13-15-27(22,25)5;14-13(15)9-7-12(11-10-9)6-8-4-2-1-3-5-8/h17-25H,6-16H2,1-5H3;1-5,7H,6H2/t18-,19?,20-,21+,22+,23?,24+,25+,26+,27+;/m1./s1. The van der Waals surface area contributed by atoms with Crippen molar-refractivity contribution < 1.29 is 9.66 Å². The number of aromatic nitrogens is 3. The molecule has 10 atom stereocenters. The van der Waals surface area contributed by atoms with E-state index in [0.29, 0.717) is 29.6 Å². The SMILES string of the molecule is CC(C)CCC1O[C@H]2C[C@H]3[C@@H]4CCC5CCCC[C@]5(C)[C@H]4CC[C@]3(C)[C@H]2[C@@H]1C.O=[N+]([O-])c1cn(Cc2ccccc2)nn1. The lowest BCUT2D eigenvalue weighted by atomic mass is 9.44. The molecule has 0 spiro atoms. The Balaban J connectivity index is 0.000000185. The molecule has 7 nitrogen and oxygen atoms in total. The normalized spacial score (nSPS) is 39.7. The lowest BCUT2D eigenvalue weighted by Crippen LogP contribution is -2.53. The first-order valence-electron chi connectivity index (χ1n) is 17.3. The number of ether oxygens (including phenoxy) is 1. The van der Waals surface area contributed by atoms with Crippen LogP contribution in [0, 0.1) is 62.4 Å². The van der Waals surface area contributed by atoms with Gasteiger partial charge in [-0.3, -0.25) is 0 Å². The molecular weight excluding hydrogens is 536 g/mol. The smallest absolute Gasteiger partial charge is 0.374 e. The van der Waals surface area contributed by atoms with Crippen LogP contribution in [0.15, 0.2) is 36.5 Å². The summed E-state index contributed by atoms with van der Waals surface area (Å²) >= 11 is 0. The highest BCUT2D eigenvalue weighted by atomic mass is 16.6. The number of fused-ring (bicyclic) bond motifs is 7. The summed E-state index contributed by atoms with van der Waals surface area (Å²) in [5.41, 5.74) is 2.26. The summed E-state index contributed by atoms with van der Waals surface area (Å²) in [6.07, 6.45) is 18.6.